The topological polar surface area (TPSA) is 58.6 Å². The average Bonchev–Trinajstić information content (AvgIpc) is 2.75. The van der Waals surface area contributed by atoms with Crippen LogP contribution in [0.4, 0.5) is 4.39 Å². The molecule has 0 saturated carbocycles. The van der Waals surface area contributed by atoms with Gasteiger partial charge < -0.3 is 15.0 Å². The normalized spacial score (nSPS) is 14.5. The standard InChI is InChI=1S/C22H25FN2O3/c23-19-7-9-20(10-8-19)28-16-4-13-24-21(26)17-11-14-25(15-12-17)22(27)18-5-2-1-3-6-18/h1-3,5-10,17H,4,11-16H2,(H,24,26). The van der Waals surface area contributed by atoms with Gasteiger partial charge in [-0.25, -0.2) is 4.39 Å². The molecule has 0 atom stereocenters. The van der Waals surface area contributed by atoms with E-state index in [1.165, 1.54) is 12.1 Å². The van der Waals surface area contributed by atoms with Gasteiger partial charge in [-0.15, -0.1) is 0 Å². The first-order chi connectivity index (χ1) is 13.6. The van der Waals surface area contributed by atoms with Crippen LogP contribution in [0, 0.1) is 11.7 Å². The number of halogens is 1. The van der Waals surface area contributed by atoms with E-state index in [1.807, 2.05) is 35.2 Å². The van der Waals surface area contributed by atoms with E-state index in [1.54, 1.807) is 12.1 Å². The fourth-order valence-corrected chi connectivity index (χ4v) is 3.26. The number of ether oxygens (including phenoxy) is 1. The van der Waals surface area contributed by atoms with Gasteiger partial charge in [0, 0.05) is 31.1 Å². The second-order valence-corrected chi connectivity index (χ2v) is 6.88. The van der Waals surface area contributed by atoms with E-state index in [9.17, 15) is 14.0 Å². The first kappa shape index (κ1) is 19.9. The third-order valence-corrected chi connectivity index (χ3v) is 4.88. The number of nitrogens with one attached hydrogen (secondary N) is 1. The van der Waals surface area contributed by atoms with Crippen molar-refractivity contribution in [3.8, 4) is 5.75 Å². The molecular weight excluding hydrogens is 359 g/mol. The minimum Gasteiger partial charge on any atom is -0.494 e. The molecule has 3 rings (SSSR count). The van der Waals surface area contributed by atoms with Gasteiger partial charge in [0.25, 0.3) is 5.91 Å². The Morgan fingerprint density at radius 1 is 1.04 bits per heavy atom. The number of hydrogen-bond acceptors (Lipinski definition) is 3. The summed E-state index contributed by atoms with van der Waals surface area (Å²) in [6.07, 6.45) is 2.03. The number of nitrogens with zero attached hydrogens (tertiary/aromatic N) is 1. The fraction of sp³-hybridized carbons (Fsp3) is 0.364. The van der Waals surface area contributed by atoms with Crippen molar-refractivity contribution in [2.75, 3.05) is 26.2 Å². The predicted octanol–water partition coefficient (Wildman–Crippen LogP) is 3.26. The second-order valence-electron chi connectivity index (χ2n) is 6.88. The average molecular weight is 384 g/mol. The number of benzene rings is 2. The van der Waals surface area contributed by atoms with Crippen LogP contribution in [0.25, 0.3) is 0 Å². The summed E-state index contributed by atoms with van der Waals surface area (Å²) < 4.78 is 18.3. The van der Waals surface area contributed by atoms with E-state index < -0.39 is 0 Å². The largest absolute Gasteiger partial charge is 0.494 e. The molecule has 28 heavy (non-hydrogen) atoms. The van der Waals surface area contributed by atoms with E-state index in [4.69, 9.17) is 4.74 Å². The zero-order valence-electron chi connectivity index (χ0n) is 15.8. The summed E-state index contributed by atoms with van der Waals surface area (Å²) >= 11 is 0. The van der Waals surface area contributed by atoms with Gasteiger partial charge in [-0.2, -0.15) is 0 Å². The number of carbonyl (C=O) groups is 2. The third kappa shape index (κ3) is 5.55. The van der Waals surface area contributed by atoms with Crippen LogP contribution in [-0.4, -0.2) is 43.0 Å². The van der Waals surface area contributed by atoms with Crippen LogP contribution in [0.1, 0.15) is 29.6 Å². The Balaban J connectivity index is 1.32. The molecule has 6 heteroatoms. The van der Waals surface area contributed by atoms with Crippen molar-refractivity contribution in [3.63, 3.8) is 0 Å². The minimum atomic E-state index is -0.295. The van der Waals surface area contributed by atoms with Crippen molar-refractivity contribution < 1.29 is 18.7 Å². The molecule has 1 aliphatic rings. The Morgan fingerprint density at radius 3 is 2.39 bits per heavy atom. The maximum atomic E-state index is 12.8. The van der Waals surface area contributed by atoms with Gasteiger partial charge in [0.15, 0.2) is 0 Å². The summed E-state index contributed by atoms with van der Waals surface area (Å²) in [5, 5.41) is 2.94. The minimum absolute atomic E-state index is 0.0254. The van der Waals surface area contributed by atoms with Crippen molar-refractivity contribution in [1.29, 1.82) is 0 Å². The van der Waals surface area contributed by atoms with E-state index in [0.717, 1.165) is 0 Å². The summed E-state index contributed by atoms with van der Waals surface area (Å²) in [6, 6.07) is 15.1. The highest BCUT2D eigenvalue weighted by Crippen LogP contribution is 2.19. The molecule has 0 aromatic heterocycles. The van der Waals surface area contributed by atoms with Crippen molar-refractivity contribution in [2.45, 2.75) is 19.3 Å². The molecule has 0 spiro atoms. The maximum Gasteiger partial charge on any atom is 0.253 e. The van der Waals surface area contributed by atoms with E-state index in [2.05, 4.69) is 5.32 Å². The fourth-order valence-electron chi connectivity index (χ4n) is 3.26. The SMILES string of the molecule is O=C(NCCCOc1ccc(F)cc1)C1CCN(C(=O)c2ccccc2)CC1. The Labute approximate surface area is 164 Å². The Hall–Kier alpha value is -2.89. The maximum absolute atomic E-state index is 12.8. The van der Waals surface area contributed by atoms with E-state index in [-0.39, 0.29) is 23.5 Å². The van der Waals surface area contributed by atoms with Crippen LogP contribution in [0.15, 0.2) is 54.6 Å². The molecule has 1 saturated heterocycles. The first-order valence-corrected chi connectivity index (χ1v) is 9.64. The summed E-state index contributed by atoms with van der Waals surface area (Å²) in [5.41, 5.74) is 0.687. The molecule has 1 N–H and O–H groups in total. The zero-order valence-corrected chi connectivity index (χ0v) is 15.8. The van der Waals surface area contributed by atoms with Crippen LogP contribution >= 0.6 is 0 Å². The molecule has 2 aromatic rings. The molecule has 0 radical (unpaired) electrons. The molecule has 5 nitrogen and oxygen atoms in total. The predicted molar refractivity (Wildman–Crippen MR) is 105 cm³/mol. The lowest BCUT2D eigenvalue weighted by Gasteiger charge is -2.31. The summed E-state index contributed by atoms with van der Waals surface area (Å²) in [7, 11) is 0. The lowest BCUT2D eigenvalue weighted by Crippen LogP contribution is -2.43. The Kier molecular flexibility index (Phi) is 7.00. The lowest BCUT2D eigenvalue weighted by atomic mass is 9.95. The number of rotatable bonds is 7. The monoisotopic (exact) mass is 384 g/mol. The second kappa shape index (κ2) is 9.88. The number of hydrogen-bond donors (Lipinski definition) is 1. The van der Waals surface area contributed by atoms with E-state index in [0.29, 0.717) is 56.8 Å². The number of piperidine rings is 1. The van der Waals surface area contributed by atoms with Crippen LogP contribution < -0.4 is 10.1 Å². The number of carbonyl (C=O) groups excluding carboxylic acids is 2. The molecule has 1 aliphatic heterocycles. The van der Waals surface area contributed by atoms with Gasteiger partial charge in [-0.05, 0) is 55.7 Å². The quantitative estimate of drug-likeness (QED) is 0.746. The third-order valence-electron chi connectivity index (χ3n) is 4.88. The van der Waals surface area contributed by atoms with Crippen LogP contribution in [0.5, 0.6) is 5.75 Å². The van der Waals surface area contributed by atoms with Gasteiger partial charge in [-0.1, -0.05) is 18.2 Å². The molecule has 1 heterocycles. The molecule has 2 amide bonds. The highest BCUT2D eigenvalue weighted by molar-refractivity contribution is 5.94. The molecule has 1 fully saturated rings. The van der Waals surface area contributed by atoms with E-state index >= 15 is 0 Å². The Bertz CT molecular complexity index is 772. The lowest BCUT2D eigenvalue weighted by molar-refractivity contribution is -0.126. The van der Waals surface area contributed by atoms with Crippen molar-refractivity contribution in [1.82, 2.24) is 10.2 Å². The van der Waals surface area contributed by atoms with Crippen LogP contribution in [0.2, 0.25) is 0 Å². The smallest absolute Gasteiger partial charge is 0.253 e. The summed E-state index contributed by atoms with van der Waals surface area (Å²) in [6.45, 7) is 2.18. The zero-order chi connectivity index (χ0) is 19.8. The molecule has 0 aliphatic carbocycles. The van der Waals surface area contributed by atoms with Crippen LogP contribution in [-0.2, 0) is 4.79 Å². The first-order valence-electron chi connectivity index (χ1n) is 9.64. The summed E-state index contributed by atoms with van der Waals surface area (Å²) in [4.78, 5) is 26.6. The van der Waals surface area contributed by atoms with Gasteiger partial charge >= 0.3 is 0 Å². The van der Waals surface area contributed by atoms with Crippen LogP contribution in [0.3, 0.4) is 0 Å². The molecule has 148 valence electrons. The van der Waals surface area contributed by atoms with Gasteiger partial charge in [-0.3, -0.25) is 9.59 Å². The number of amides is 2. The van der Waals surface area contributed by atoms with Gasteiger partial charge in [0.05, 0.1) is 6.61 Å². The number of likely N-dealkylation sites (tertiary alicyclic amines) is 1. The van der Waals surface area contributed by atoms with Crippen molar-refractivity contribution in [2.24, 2.45) is 5.92 Å². The highest BCUT2D eigenvalue weighted by Gasteiger charge is 2.27. The molecule has 2 aromatic carbocycles. The van der Waals surface area contributed by atoms with Gasteiger partial charge in [0.2, 0.25) is 5.91 Å². The molecule has 0 unspecified atom stereocenters. The summed E-state index contributed by atoms with van der Waals surface area (Å²) in [5.74, 6) is 0.322. The highest BCUT2D eigenvalue weighted by atomic mass is 19.1. The van der Waals surface area contributed by atoms with Crippen molar-refractivity contribution in [3.05, 3.63) is 66.0 Å². The Morgan fingerprint density at radius 2 is 1.71 bits per heavy atom. The van der Waals surface area contributed by atoms with Crippen molar-refractivity contribution >= 4 is 11.8 Å². The molecular formula is C22H25FN2O3. The molecule has 0 bridgehead atoms. The van der Waals surface area contributed by atoms with Gasteiger partial charge in [0.1, 0.15) is 11.6 Å².